The van der Waals surface area contributed by atoms with Crippen molar-refractivity contribution < 1.29 is 23.8 Å². The second kappa shape index (κ2) is 8.84. The minimum absolute atomic E-state index is 0.158. The molecule has 1 atom stereocenters. The number of nitrogens with zero attached hydrogens (tertiary/aromatic N) is 2. The number of hydrazone groups is 2. The van der Waals surface area contributed by atoms with Crippen LogP contribution < -0.4 is 25.1 Å². The number of ether oxygens (including phenoxy) is 3. The number of hydrogen-bond acceptors (Lipinski definition) is 7. The lowest BCUT2D eigenvalue weighted by Gasteiger charge is -2.13. The van der Waals surface area contributed by atoms with E-state index in [0.29, 0.717) is 34.9 Å². The Morgan fingerprint density at radius 1 is 1.27 bits per heavy atom. The van der Waals surface area contributed by atoms with Crippen LogP contribution in [0.25, 0.3) is 0 Å². The first-order chi connectivity index (χ1) is 12.5. The molecule has 9 heteroatoms. The van der Waals surface area contributed by atoms with E-state index in [1.807, 2.05) is 0 Å². The molecule has 0 aliphatic carbocycles. The zero-order valence-electron chi connectivity index (χ0n) is 15.2. The molecular formula is C17H22N4O5. The molecule has 1 aliphatic heterocycles. The molecule has 2 amide bonds. The van der Waals surface area contributed by atoms with Gasteiger partial charge >= 0.3 is 0 Å². The van der Waals surface area contributed by atoms with Crippen LogP contribution in [-0.4, -0.2) is 45.1 Å². The second-order valence-electron chi connectivity index (χ2n) is 5.54. The fourth-order valence-corrected chi connectivity index (χ4v) is 2.56. The number of benzene rings is 1. The molecule has 0 saturated heterocycles. The fourth-order valence-electron chi connectivity index (χ4n) is 2.56. The van der Waals surface area contributed by atoms with Gasteiger partial charge in [0.2, 0.25) is 17.6 Å². The molecular weight excluding hydrogens is 340 g/mol. The lowest BCUT2D eigenvalue weighted by molar-refractivity contribution is -0.123. The van der Waals surface area contributed by atoms with Gasteiger partial charge < -0.3 is 14.2 Å². The highest BCUT2D eigenvalue weighted by Crippen LogP contribution is 2.38. The lowest BCUT2D eigenvalue weighted by atomic mass is 9.99. The van der Waals surface area contributed by atoms with Crippen molar-refractivity contribution in [3.05, 3.63) is 17.7 Å². The van der Waals surface area contributed by atoms with Crippen LogP contribution in [0.4, 0.5) is 0 Å². The molecule has 0 saturated carbocycles. The quantitative estimate of drug-likeness (QED) is 0.531. The van der Waals surface area contributed by atoms with Gasteiger partial charge in [-0.1, -0.05) is 0 Å². The highest BCUT2D eigenvalue weighted by Gasteiger charge is 2.27. The third kappa shape index (κ3) is 4.29. The minimum atomic E-state index is -0.365. The first-order valence-electron chi connectivity index (χ1n) is 7.96. The zero-order chi connectivity index (χ0) is 19.1. The van der Waals surface area contributed by atoms with Crippen LogP contribution in [0.1, 0.15) is 25.3 Å². The average Bonchev–Trinajstić information content (AvgIpc) is 2.97. The van der Waals surface area contributed by atoms with E-state index in [4.69, 9.17) is 14.2 Å². The van der Waals surface area contributed by atoms with Crippen LogP contribution >= 0.6 is 0 Å². The Morgan fingerprint density at radius 2 is 2.00 bits per heavy atom. The van der Waals surface area contributed by atoms with Crippen molar-refractivity contribution in [3.8, 4) is 17.2 Å². The highest BCUT2D eigenvalue weighted by atomic mass is 16.5. The Balaban J connectivity index is 1.96. The molecule has 0 aromatic heterocycles. The van der Waals surface area contributed by atoms with E-state index in [1.165, 1.54) is 27.5 Å². The summed E-state index contributed by atoms with van der Waals surface area (Å²) in [6.07, 6.45) is 1.99. The summed E-state index contributed by atoms with van der Waals surface area (Å²) in [5.74, 6) is 0.557. The number of rotatable bonds is 8. The number of carbonyl (C=O) groups is 2. The molecule has 1 heterocycles. The van der Waals surface area contributed by atoms with Crippen molar-refractivity contribution in [3.63, 3.8) is 0 Å². The number of hydrogen-bond donors (Lipinski definition) is 2. The van der Waals surface area contributed by atoms with Gasteiger partial charge in [-0.3, -0.25) is 9.59 Å². The van der Waals surface area contributed by atoms with Crippen LogP contribution in [0.15, 0.2) is 22.3 Å². The third-order valence-electron chi connectivity index (χ3n) is 3.95. The number of carbonyl (C=O) groups excluding carboxylic acids is 2. The maximum Gasteiger partial charge on any atom is 0.248 e. The Bertz CT molecular complexity index is 745. The van der Waals surface area contributed by atoms with Gasteiger partial charge in [-0.25, -0.2) is 10.9 Å². The van der Waals surface area contributed by atoms with Gasteiger partial charge in [-0.05, 0) is 25.5 Å². The summed E-state index contributed by atoms with van der Waals surface area (Å²) in [7, 11) is 4.54. The summed E-state index contributed by atoms with van der Waals surface area (Å²) >= 11 is 0. The van der Waals surface area contributed by atoms with Crippen LogP contribution in [0.5, 0.6) is 17.2 Å². The largest absolute Gasteiger partial charge is 0.493 e. The molecule has 0 unspecified atom stereocenters. The summed E-state index contributed by atoms with van der Waals surface area (Å²) in [4.78, 5) is 23.5. The molecule has 0 fully saturated rings. The Hall–Kier alpha value is -3.10. The molecule has 0 spiro atoms. The Labute approximate surface area is 151 Å². The summed E-state index contributed by atoms with van der Waals surface area (Å²) in [5, 5.41) is 7.78. The van der Waals surface area contributed by atoms with E-state index in [0.717, 1.165) is 0 Å². The topological polar surface area (TPSA) is 111 Å². The van der Waals surface area contributed by atoms with Gasteiger partial charge in [-0.15, -0.1) is 0 Å². The van der Waals surface area contributed by atoms with Gasteiger partial charge in [0.05, 0.1) is 33.5 Å². The van der Waals surface area contributed by atoms with E-state index in [-0.39, 0.29) is 24.2 Å². The first kappa shape index (κ1) is 19.2. The summed E-state index contributed by atoms with van der Waals surface area (Å²) in [5.41, 5.74) is 6.12. The molecule has 2 rings (SSSR count). The minimum Gasteiger partial charge on any atom is -0.493 e. The van der Waals surface area contributed by atoms with Crippen molar-refractivity contribution in [2.24, 2.45) is 16.1 Å². The Morgan fingerprint density at radius 3 is 2.58 bits per heavy atom. The molecule has 1 aliphatic rings. The van der Waals surface area contributed by atoms with Crippen LogP contribution in [0, 0.1) is 5.92 Å². The van der Waals surface area contributed by atoms with E-state index >= 15 is 0 Å². The molecule has 2 N–H and O–H groups in total. The molecule has 1 aromatic rings. The predicted molar refractivity (Wildman–Crippen MR) is 95.8 cm³/mol. The van der Waals surface area contributed by atoms with Crippen LogP contribution in [0.3, 0.4) is 0 Å². The maximum atomic E-state index is 11.9. The molecule has 26 heavy (non-hydrogen) atoms. The monoisotopic (exact) mass is 362 g/mol. The molecule has 9 nitrogen and oxygen atoms in total. The standard InChI is InChI=1S/C17H22N4O5/c1-10-12(17(23)21-19-10)6-8-14(22)20-18-9-11-5-7-13(24-2)16(26-4)15(11)25-3/h5,7,9,12H,6,8H2,1-4H3,(H,20,22)(H,21,23)/b18-9+/t12-/m0/s1. The zero-order valence-corrected chi connectivity index (χ0v) is 15.2. The first-order valence-corrected chi connectivity index (χ1v) is 7.96. The van der Waals surface area contributed by atoms with Gasteiger partial charge in [0.1, 0.15) is 0 Å². The van der Waals surface area contributed by atoms with E-state index in [1.54, 1.807) is 19.1 Å². The second-order valence-corrected chi connectivity index (χ2v) is 5.54. The summed E-state index contributed by atoms with van der Waals surface area (Å²) in [6, 6.07) is 3.45. The van der Waals surface area contributed by atoms with Crippen LogP contribution in [-0.2, 0) is 9.59 Å². The normalized spacial score (nSPS) is 16.2. The fraction of sp³-hybridized carbons (Fsp3) is 0.412. The van der Waals surface area contributed by atoms with Gasteiger partial charge in [0, 0.05) is 17.7 Å². The molecule has 1 aromatic carbocycles. The smallest absolute Gasteiger partial charge is 0.248 e. The average molecular weight is 362 g/mol. The number of methoxy groups -OCH3 is 3. The maximum absolute atomic E-state index is 11.9. The van der Waals surface area contributed by atoms with Gasteiger partial charge in [0.25, 0.3) is 0 Å². The van der Waals surface area contributed by atoms with Crippen molar-refractivity contribution in [1.29, 1.82) is 0 Å². The SMILES string of the molecule is COc1ccc(/C=N/NC(=O)CC[C@@H]2C(=O)NN=C2C)c(OC)c1OC. The highest BCUT2D eigenvalue weighted by molar-refractivity contribution is 6.07. The number of nitrogens with one attached hydrogen (secondary N) is 2. The molecule has 0 radical (unpaired) electrons. The van der Waals surface area contributed by atoms with Crippen molar-refractivity contribution in [2.75, 3.05) is 21.3 Å². The molecule has 140 valence electrons. The van der Waals surface area contributed by atoms with Crippen molar-refractivity contribution in [1.82, 2.24) is 10.9 Å². The van der Waals surface area contributed by atoms with Gasteiger partial charge in [-0.2, -0.15) is 10.2 Å². The molecule has 0 bridgehead atoms. The Kier molecular flexibility index (Phi) is 6.54. The van der Waals surface area contributed by atoms with Crippen molar-refractivity contribution >= 4 is 23.7 Å². The third-order valence-corrected chi connectivity index (χ3v) is 3.95. The predicted octanol–water partition coefficient (Wildman–Crippen LogP) is 1.06. The lowest BCUT2D eigenvalue weighted by Crippen LogP contribution is -2.25. The van der Waals surface area contributed by atoms with E-state index in [2.05, 4.69) is 21.1 Å². The van der Waals surface area contributed by atoms with E-state index < -0.39 is 0 Å². The van der Waals surface area contributed by atoms with E-state index in [9.17, 15) is 9.59 Å². The van der Waals surface area contributed by atoms with Crippen LogP contribution in [0.2, 0.25) is 0 Å². The van der Waals surface area contributed by atoms with Crippen molar-refractivity contribution in [2.45, 2.75) is 19.8 Å². The summed E-state index contributed by atoms with van der Waals surface area (Å²) in [6.45, 7) is 1.75. The number of amides is 2. The summed E-state index contributed by atoms with van der Waals surface area (Å²) < 4.78 is 15.8. The van der Waals surface area contributed by atoms with Gasteiger partial charge in [0.15, 0.2) is 11.5 Å².